The highest BCUT2D eigenvalue weighted by Crippen LogP contribution is 2.20. The molecule has 1 unspecified atom stereocenters. The number of hydrogen-bond acceptors (Lipinski definition) is 3. The van der Waals surface area contributed by atoms with Gasteiger partial charge in [-0.15, -0.1) is 0 Å². The Morgan fingerprint density at radius 3 is 2.63 bits per heavy atom. The van der Waals surface area contributed by atoms with Crippen LogP contribution in [-0.4, -0.2) is 28.4 Å². The van der Waals surface area contributed by atoms with Crippen LogP contribution in [-0.2, 0) is 13.0 Å². The number of aryl methyl sites for hydroxylation is 2. The summed E-state index contributed by atoms with van der Waals surface area (Å²) in [7, 11) is 1.99. The van der Waals surface area contributed by atoms with Crippen molar-refractivity contribution in [2.24, 2.45) is 0 Å². The number of likely N-dealkylation sites (N-methyl/N-ethyl adjacent to an activating group) is 1. The Hall–Kier alpha value is -1.68. The van der Waals surface area contributed by atoms with Crippen LogP contribution in [0.25, 0.3) is 0 Å². The SMILES string of the molecule is CCn1ncnc1CC(CNC)c1ccc(C)cc1. The van der Waals surface area contributed by atoms with Crippen LogP contribution in [0.4, 0.5) is 0 Å². The van der Waals surface area contributed by atoms with Gasteiger partial charge in [0.05, 0.1) is 0 Å². The highest BCUT2D eigenvalue weighted by atomic mass is 15.3. The van der Waals surface area contributed by atoms with E-state index in [0.29, 0.717) is 5.92 Å². The first-order chi connectivity index (χ1) is 9.24. The average Bonchev–Trinajstić information content (AvgIpc) is 2.86. The molecule has 0 aliphatic rings. The van der Waals surface area contributed by atoms with E-state index < -0.39 is 0 Å². The minimum atomic E-state index is 0.431. The maximum absolute atomic E-state index is 4.38. The Kier molecular flexibility index (Phi) is 4.68. The Morgan fingerprint density at radius 1 is 1.26 bits per heavy atom. The third-order valence-corrected chi connectivity index (χ3v) is 3.42. The van der Waals surface area contributed by atoms with Gasteiger partial charge in [0.2, 0.25) is 0 Å². The summed E-state index contributed by atoms with van der Waals surface area (Å²) in [5.74, 6) is 1.49. The standard InChI is InChI=1S/C15H22N4/c1-4-19-15(17-11-18-19)9-14(10-16-3)13-7-5-12(2)6-8-13/h5-8,11,14,16H,4,9-10H2,1-3H3. The molecule has 2 rings (SSSR count). The molecule has 0 radical (unpaired) electrons. The van der Waals surface area contributed by atoms with Gasteiger partial charge in [-0.1, -0.05) is 29.8 Å². The molecule has 2 aromatic rings. The van der Waals surface area contributed by atoms with E-state index in [2.05, 4.69) is 53.5 Å². The molecule has 0 amide bonds. The summed E-state index contributed by atoms with van der Waals surface area (Å²) < 4.78 is 1.97. The second-order valence-electron chi connectivity index (χ2n) is 4.86. The third kappa shape index (κ3) is 3.41. The number of aromatic nitrogens is 3. The summed E-state index contributed by atoms with van der Waals surface area (Å²) in [4.78, 5) is 4.38. The molecular weight excluding hydrogens is 236 g/mol. The molecule has 4 heteroatoms. The maximum atomic E-state index is 4.38. The molecular formula is C15H22N4. The molecule has 0 aliphatic heterocycles. The van der Waals surface area contributed by atoms with E-state index in [0.717, 1.165) is 25.3 Å². The van der Waals surface area contributed by atoms with Crippen LogP contribution < -0.4 is 5.32 Å². The molecule has 0 saturated heterocycles. The van der Waals surface area contributed by atoms with Crippen LogP contribution in [0.1, 0.15) is 29.8 Å². The van der Waals surface area contributed by atoms with Crippen LogP contribution in [0.3, 0.4) is 0 Å². The fourth-order valence-corrected chi connectivity index (χ4v) is 2.32. The summed E-state index contributed by atoms with van der Waals surface area (Å²) >= 11 is 0. The van der Waals surface area contributed by atoms with Crippen LogP contribution in [0, 0.1) is 6.92 Å². The molecule has 1 aromatic carbocycles. The number of benzene rings is 1. The first-order valence-corrected chi connectivity index (χ1v) is 6.82. The lowest BCUT2D eigenvalue weighted by atomic mass is 9.94. The van der Waals surface area contributed by atoms with Crippen molar-refractivity contribution in [3.63, 3.8) is 0 Å². The normalized spacial score (nSPS) is 12.6. The monoisotopic (exact) mass is 258 g/mol. The third-order valence-electron chi connectivity index (χ3n) is 3.42. The molecule has 1 heterocycles. The summed E-state index contributed by atoms with van der Waals surface area (Å²) in [5, 5.41) is 7.51. The van der Waals surface area contributed by atoms with Crippen molar-refractivity contribution in [3.05, 3.63) is 47.5 Å². The molecule has 4 nitrogen and oxygen atoms in total. The van der Waals surface area contributed by atoms with E-state index in [1.807, 2.05) is 11.7 Å². The first kappa shape index (κ1) is 13.7. The van der Waals surface area contributed by atoms with Crippen molar-refractivity contribution in [1.29, 1.82) is 0 Å². The number of hydrogen-bond donors (Lipinski definition) is 1. The minimum absolute atomic E-state index is 0.431. The predicted octanol–water partition coefficient (Wildman–Crippen LogP) is 2.15. The van der Waals surface area contributed by atoms with Crippen molar-refractivity contribution in [2.75, 3.05) is 13.6 Å². The van der Waals surface area contributed by atoms with Gasteiger partial charge in [0.15, 0.2) is 0 Å². The van der Waals surface area contributed by atoms with E-state index in [4.69, 9.17) is 0 Å². The summed E-state index contributed by atoms with van der Waals surface area (Å²) in [6, 6.07) is 8.76. The minimum Gasteiger partial charge on any atom is -0.319 e. The number of rotatable bonds is 6. The zero-order valence-electron chi connectivity index (χ0n) is 11.9. The molecule has 19 heavy (non-hydrogen) atoms. The van der Waals surface area contributed by atoms with Gasteiger partial charge in [0.1, 0.15) is 12.2 Å². The summed E-state index contributed by atoms with van der Waals surface area (Å²) in [6.07, 6.45) is 2.56. The average molecular weight is 258 g/mol. The lowest BCUT2D eigenvalue weighted by Crippen LogP contribution is -2.21. The van der Waals surface area contributed by atoms with E-state index in [1.54, 1.807) is 6.33 Å². The van der Waals surface area contributed by atoms with Gasteiger partial charge >= 0.3 is 0 Å². The smallest absolute Gasteiger partial charge is 0.138 e. The van der Waals surface area contributed by atoms with E-state index in [-0.39, 0.29) is 0 Å². The highest BCUT2D eigenvalue weighted by Gasteiger charge is 2.15. The van der Waals surface area contributed by atoms with Gasteiger partial charge in [-0.2, -0.15) is 5.10 Å². The molecule has 0 fully saturated rings. The Bertz CT molecular complexity index is 501. The topological polar surface area (TPSA) is 42.7 Å². The van der Waals surface area contributed by atoms with Gasteiger partial charge in [-0.3, -0.25) is 4.68 Å². The van der Waals surface area contributed by atoms with Crippen LogP contribution in [0.2, 0.25) is 0 Å². The van der Waals surface area contributed by atoms with E-state index in [9.17, 15) is 0 Å². The molecule has 0 aliphatic carbocycles. The van der Waals surface area contributed by atoms with Crippen LogP contribution in [0.15, 0.2) is 30.6 Å². The first-order valence-electron chi connectivity index (χ1n) is 6.82. The summed E-state index contributed by atoms with van der Waals surface area (Å²) in [5.41, 5.74) is 2.65. The van der Waals surface area contributed by atoms with Crippen molar-refractivity contribution >= 4 is 0 Å². The van der Waals surface area contributed by atoms with Gasteiger partial charge in [0, 0.05) is 25.4 Å². The second-order valence-corrected chi connectivity index (χ2v) is 4.86. The van der Waals surface area contributed by atoms with Gasteiger partial charge in [-0.25, -0.2) is 4.98 Å². The lowest BCUT2D eigenvalue weighted by molar-refractivity contribution is 0.556. The predicted molar refractivity (Wildman–Crippen MR) is 77.2 cm³/mol. The molecule has 0 bridgehead atoms. The number of nitrogens with zero attached hydrogens (tertiary/aromatic N) is 3. The van der Waals surface area contributed by atoms with Gasteiger partial charge < -0.3 is 5.32 Å². The quantitative estimate of drug-likeness (QED) is 0.863. The van der Waals surface area contributed by atoms with Gasteiger partial charge in [0.25, 0.3) is 0 Å². The zero-order chi connectivity index (χ0) is 13.7. The van der Waals surface area contributed by atoms with E-state index in [1.165, 1.54) is 11.1 Å². The molecule has 1 N–H and O–H groups in total. The van der Waals surface area contributed by atoms with Crippen LogP contribution in [0.5, 0.6) is 0 Å². The van der Waals surface area contributed by atoms with Crippen LogP contribution >= 0.6 is 0 Å². The van der Waals surface area contributed by atoms with Crippen molar-refractivity contribution < 1.29 is 0 Å². The molecule has 1 atom stereocenters. The Morgan fingerprint density at radius 2 is 2.00 bits per heavy atom. The fourth-order valence-electron chi connectivity index (χ4n) is 2.32. The molecule has 0 saturated carbocycles. The maximum Gasteiger partial charge on any atom is 0.138 e. The molecule has 102 valence electrons. The highest BCUT2D eigenvalue weighted by molar-refractivity contribution is 5.25. The van der Waals surface area contributed by atoms with Crippen molar-refractivity contribution in [2.45, 2.75) is 32.7 Å². The second kappa shape index (κ2) is 6.48. The van der Waals surface area contributed by atoms with E-state index >= 15 is 0 Å². The number of nitrogens with one attached hydrogen (secondary N) is 1. The molecule has 0 spiro atoms. The van der Waals surface area contributed by atoms with Gasteiger partial charge in [-0.05, 0) is 26.5 Å². The Balaban J connectivity index is 2.18. The van der Waals surface area contributed by atoms with Crippen molar-refractivity contribution in [1.82, 2.24) is 20.1 Å². The Labute approximate surface area is 114 Å². The van der Waals surface area contributed by atoms with Crippen molar-refractivity contribution in [3.8, 4) is 0 Å². The largest absolute Gasteiger partial charge is 0.319 e. The lowest BCUT2D eigenvalue weighted by Gasteiger charge is -2.17. The zero-order valence-corrected chi connectivity index (χ0v) is 11.9. The molecule has 1 aromatic heterocycles. The summed E-state index contributed by atoms with van der Waals surface area (Å²) in [6.45, 7) is 6.02. The fraction of sp³-hybridized carbons (Fsp3) is 0.467.